The van der Waals surface area contributed by atoms with E-state index in [0.717, 1.165) is 10.7 Å². The third-order valence-corrected chi connectivity index (χ3v) is 7.54. The first kappa shape index (κ1) is 21.6. The lowest BCUT2D eigenvalue weighted by Gasteiger charge is -2.29. The topological polar surface area (TPSA) is 122 Å². The number of imide groups is 1. The quantitative estimate of drug-likeness (QED) is 0.395. The van der Waals surface area contributed by atoms with Crippen molar-refractivity contribution >= 4 is 46.5 Å². The van der Waals surface area contributed by atoms with Gasteiger partial charge in [0.05, 0.1) is 22.4 Å². The fraction of sp³-hybridized carbons (Fsp3) is 0.348. The van der Waals surface area contributed by atoms with E-state index in [1.807, 2.05) is 6.26 Å². The van der Waals surface area contributed by atoms with Gasteiger partial charge in [0.15, 0.2) is 0 Å². The highest BCUT2D eigenvalue weighted by atomic mass is 32.2. The highest BCUT2D eigenvalue weighted by Crippen LogP contribution is 2.54. The van der Waals surface area contributed by atoms with Crippen molar-refractivity contribution in [2.45, 2.75) is 24.9 Å². The van der Waals surface area contributed by atoms with Crippen molar-refractivity contribution in [2.24, 2.45) is 11.8 Å². The Bertz CT molecular complexity index is 1220. The number of non-ortho nitro benzene ring substituents is 1. The summed E-state index contributed by atoms with van der Waals surface area (Å²) < 4.78 is 0. The van der Waals surface area contributed by atoms with E-state index in [1.54, 1.807) is 43.0 Å². The number of nitro groups is 1. The van der Waals surface area contributed by atoms with Crippen LogP contribution in [0.2, 0.25) is 0 Å². The summed E-state index contributed by atoms with van der Waals surface area (Å²) in [6.07, 6.45) is 2.56. The Morgan fingerprint density at radius 1 is 1.15 bits per heavy atom. The number of anilines is 2. The third-order valence-electron chi connectivity index (χ3n) is 6.90. The zero-order chi connectivity index (χ0) is 23.5. The van der Waals surface area contributed by atoms with Gasteiger partial charge in [-0.05, 0) is 37.0 Å². The van der Waals surface area contributed by atoms with Crippen LogP contribution in [0.3, 0.4) is 0 Å². The second kappa shape index (κ2) is 7.67. The Morgan fingerprint density at radius 3 is 2.64 bits per heavy atom. The van der Waals surface area contributed by atoms with Crippen LogP contribution >= 0.6 is 11.8 Å². The first-order chi connectivity index (χ1) is 15.8. The van der Waals surface area contributed by atoms with Gasteiger partial charge in [0.2, 0.25) is 17.7 Å². The lowest BCUT2D eigenvalue weighted by atomic mass is 9.76. The van der Waals surface area contributed by atoms with Crippen molar-refractivity contribution < 1.29 is 19.3 Å². The van der Waals surface area contributed by atoms with E-state index in [1.165, 1.54) is 18.2 Å². The summed E-state index contributed by atoms with van der Waals surface area (Å²) >= 11 is 1.62. The van der Waals surface area contributed by atoms with Gasteiger partial charge < -0.3 is 5.32 Å². The normalized spacial score (nSPS) is 27.8. The smallest absolute Gasteiger partial charge is 0.271 e. The number of rotatable bonds is 5. The summed E-state index contributed by atoms with van der Waals surface area (Å²) in [5, 5.41) is 17.6. The average molecular weight is 467 g/mol. The molecule has 2 aromatic carbocycles. The number of para-hydroxylation sites is 1. The van der Waals surface area contributed by atoms with E-state index in [2.05, 4.69) is 10.6 Å². The number of nitrogens with zero attached hydrogens (tertiary/aromatic N) is 2. The summed E-state index contributed by atoms with van der Waals surface area (Å²) in [5.41, 5.74) is 0.463. The number of benzene rings is 2. The number of amides is 3. The molecule has 0 unspecified atom stereocenters. The summed E-state index contributed by atoms with van der Waals surface area (Å²) in [4.78, 5) is 52.8. The molecule has 2 aromatic rings. The van der Waals surface area contributed by atoms with Crippen molar-refractivity contribution in [3.63, 3.8) is 0 Å². The van der Waals surface area contributed by atoms with E-state index in [4.69, 9.17) is 0 Å². The molecule has 3 aliphatic heterocycles. The maximum Gasteiger partial charge on any atom is 0.271 e. The Morgan fingerprint density at radius 2 is 1.91 bits per heavy atom. The third kappa shape index (κ3) is 2.94. The van der Waals surface area contributed by atoms with Crippen LogP contribution in [0.5, 0.6) is 0 Å². The van der Waals surface area contributed by atoms with E-state index in [9.17, 15) is 24.5 Å². The van der Waals surface area contributed by atoms with Gasteiger partial charge >= 0.3 is 0 Å². The Hall–Kier alpha value is -3.24. The van der Waals surface area contributed by atoms with E-state index in [-0.39, 0.29) is 23.3 Å². The molecule has 3 amide bonds. The maximum absolute atomic E-state index is 13.9. The number of hydrogen-bond donors (Lipinski definition) is 2. The Labute approximate surface area is 194 Å². The first-order valence-electron chi connectivity index (χ1n) is 10.6. The average Bonchev–Trinajstić information content (AvgIpc) is 3.37. The zero-order valence-corrected chi connectivity index (χ0v) is 18.8. The van der Waals surface area contributed by atoms with Gasteiger partial charge in [0.25, 0.3) is 5.69 Å². The minimum Gasteiger partial charge on any atom is -0.324 e. The minimum atomic E-state index is -1.36. The number of nitro benzene ring substituents is 1. The molecule has 170 valence electrons. The van der Waals surface area contributed by atoms with Gasteiger partial charge in [0, 0.05) is 29.4 Å². The van der Waals surface area contributed by atoms with Crippen molar-refractivity contribution in [1.29, 1.82) is 0 Å². The van der Waals surface area contributed by atoms with E-state index in [0.29, 0.717) is 23.2 Å². The second-order valence-corrected chi connectivity index (χ2v) is 9.57. The molecule has 0 aliphatic carbocycles. The predicted molar refractivity (Wildman–Crippen MR) is 124 cm³/mol. The Balaban J connectivity index is 1.66. The minimum absolute atomic E-state index is 0.194. The van der Waals surface area contributed by atoms with Gasteiger partial charge in [-0.3, -0.25) is 29.8 Å². The van der Waals surface area contributed by atoms with Crippen LogP contribution in [-0.4, -0.2) is 40.7 Å². The summed E-state index contributed by atoms with van der Waals surface area (Å²) in [7, 11) is 0. The monoisotopic (exact) mass is 466 g/mol. The molecule has 0 radical (unpaired) electrons. The lowest BCUT2D eigenvalue weighted by molar-refractivity contribution is -0.384. The SMILES string of the molecule is CSCC[C@H]1N[C@@]2(C(=O)Nc3ccccc32)[C@@H]2C(=O)N(c3cc([N+](=O)[O-])ccc3C)C(=O)[C@@H]21. The maximum atomic E-state index is 13.9. The molecule has 9 nitrogen and oxygen atoms in total. The molecular formula is C23H22N4O5S. The van der Waals surface area contributed by atoms with Crippen LogP contribution in [-0.2, 0) is 19.9 Å². The fourth-order valence-electron chi connectivity index (χ4n) is 5.44. The highest BCUT2D eigenvalue weighted by molar-refractivity contribution is 7.98. The number of aryl methyl sites for hydroxylation is 1. The molecule has 10 heteroatoms. The molecule has 1 spiro atoms. The van der Waals surface area contributed by atoms with Gasteiger partial charge in [-0.25, -0.2) is 4.90 Å². The first-order valence-corrected chi connectivity index (χ1v) is 12.0. The lowest BCUT2D eigenvalue weighted by Crippen LogP contribution is -2.53. The van der Waals surface area contributed by atoms with E-state index >= 15 is 0 Å². The van der Waals surface area contributed by atoms with Crippen LogP contribution in [0, 0.1) is 28.9 Å². The van der Waals surface area contributed by atoms with Crippen molar-refractivity contribution in [3.05, 3.63) is 63.7 Å². The largest absolute Gasteiger partial charge is 0.324 e. The van der Waals surface area contributed by atoms with Gasteiger partial charge in [0.1, 0.15) is 5.54 Å². The Kier molecular flexibility index (Phi) is 5.02. The molecule has 33 heavy (non-hydrogen) atoms. The van der Waals surface area contributed by atoms with Crippen LogP contribution in [0.25, 0.3) is 0 Å². The predicted octanol–water partition coefficient (Wildman–Crippen LogP) is 2.58. The summed E-state index contributed by atoms with van der Waals surface area (Å²) in [5.74, 6) is -2.25. The van der Waals surface area contributed by atoms with E-state index < -0.39 is 34.1 Å². The number of fused-ring (bicyclic) bond motifs is 4. The molecule has 0 saturated carbocycles. The second-order valence-electron chi connectivity index (χ2n) is 8.58. The van der Waals surface area contributed by atoms with Crippen molar-refractivity contribution in [2.75, 3.05) is 22.2 Å². The van der Waals surface area contributed by atoms with Gasteiger partial charge in [-0.1, -0.05) is 24.3 Å². The molecule has 2 fully saturated rings. The van der Waals surface area contributed by atoms with Crippen molar-refractivity contribution in [1.82, 2.24) is 5.32 Å². The summed E-state index contributed by atoms with van der Waals surface area (Å²) in [6.45, 7) is 1.70. The number of hydrogen-bond acceptors (Lipinski definition) is 7. The molecule has 2 saturated heterocycles. The molecule has 3 aliphatic rings. The number of carbonyl (C=O) groups is 3. The van der Waals surface area contributed by atoms with Crippen molar-refractivity contribution in [3.8, 4) is 0 Å². The molecule has 4 atom stereocenters. The fourth-order valence-corrected chi connectivity index (χ4v) is 5.93. The molecule has 0 aromatic heterocycles. The summed E-state index contributed by atoms with van der Waals surface area (Å²) in [6, 6.07) is 10.9. The van der Waals surface area contributed by atoms with Crippen LogP contribution in [0.15, 0.2) is 42.5 Å². The number of carbonyl (C=O) groups excluding carboxylic acids is 3. The van der Waals surface area contributed by atoms with Gasteiger partial charge in [-0.2, -0.15) is 11.8 Å². The molecule has 5 rings (SSSR count). The molecule has 3 heterocycles. The molecular weight excluding hydrogens is 444 g/mol. The molecule has 0 bridgehead atoms. The molecule has 2 N–H and O–H groups in total. The number of thioether (sulfide) groups is 1. The van der Waals surface area contributed by atoms with Gasteiger partial charge in [-0.15, -0.1) is 0 Å². The zero-order valence-electron chi connectivity index (χ0n) is 18.0. The highest BCUT2D eigenvalue weighted by Gasteiger charge is 2.70. The van der Waals surface area contributed by atoms with Crippen LogP contribution < -0.4 is 15.5 Å². The number of nitrogens with one attached hydrogen (secondary N) is 2. The van der Waals surface area contributed by atoms with Crippen LogP contribution in [0.4, 0.5) is 17.1 Å². The standard InChI is InChI=1S/C23H22N4O5S/c1-12-7-8-13(27(31)32)11-17(12)26-20(28)18-16(9-10-33-2)25-23(19(18)21(26)29)14-5-3-4-6-15(14)24-22(23)30/h3-8,11,16,18-19,25H,9-10H2,1-2H3,(H,24,30)/t16-,18-,19+,23-/m1/s1. The van der Waals surface area contributed by atoms with Crippen LogP contribution in [0.1, 0.15) is 17.5 Å².